The molecule has 0 fully saturated rings. The number of hydrogen-bond donors (Lipinski definition) is 0. The minimum absolute atomic E-state index is 0.0711. The van der Waals surface area contributed by atoms with E-state index in [0.717, 1.165) is 8.78 Å². The third kappa shape index (κ3) is 4.49. The molecule has 0 N–H and O–H groups in total. The van der Waals surface area contributed by atoms with Gasteiger partial charge in [-0.3, -0.25) is 4.79 Å². The van der Waals surface area contributed by atoms with Crippen LogP contribution in [0.5, 0.6) is 5.75 Å². The fraction of sp³-hybridized carbons (Fsp3) is 0.133. The molecule has 0 amide bonds. The number of halogens is 3. The second-order valence-corrected chi connectivity index (χ2v) is 8.49. The van der Waals surface area contributed by atoms with E-state index >= 15 is 0 Å². The first-order valence-corrected chi connectivity index (χ1v) is 9.57. The Bertz CT molecular complexity index is 856. The summed E-state index contributed by atoms with van der Waals surface area (Å²) < 4.78 is 31.5. The molecular weight excluding hydrogens is 441 g/mol. The fourth-order valence-corrected chi connectivity index (χ4v) is 3.48. The van der Waals surface area contributed by atoms with Crippen LogP contribution in [0.4, 0.5) is 0 Å². The van der Waals surface area contributed by atoms with Gasteiger partial charge in [0.2, 0.25) is 10.0 Å². The predicted octanol–water partition coefficient (Wildman–Crippen LogP) is 3.98. The van der Waals surface area contributed by atoms with Crippen LogP contribution in [0, 0.1) is 0 Å². The van der Waals surface area contributed by atoms with Crippen molar-refractivity contribution >= 4 is 55.1 Å². The fourth-order valence-electron chi connectivity index (χ4n) is 1.77. The molecule has 0 radical (unpaired) electrons. The molecule has 0 aliphatic carbocycles. The van der Waals surface area contributed by atoms with Gasteiger partial charge >= 0.3 is 5.97 Å². The molecule has 0 saturated heterocycles. The lowest BCUT2D eigenvalue weighted by Gasteiger charge is -2.16. The third-order valence-corrected chi connectivity index (χ3v) is 6.16. The van der Waals surface area contributed by atoms with Gasteiger partial charge in [0.1, 0.15) is 11.6 Å². The highest BCUT2D eigenvalue weighted by molar-refractivity contribution is 9.10. The number of hydrogen-bond acceptors (Lipinski definition) is 4. The van der Waals surface area contributed by atoms with Gasteiger partial charge in [0.25, 0.3) is 0 Å². The van der Waals surface area contributed by atoms with Crippen molar-refractivity contribution in [1.29, 1.82) is 0 Å². The number of benzene rings is 2. The Hall–Kier alpha value is -1.12. The highest BCUT2D eigenvalue weighted by Gasteiger charge is 2.24. The van der Waals surface area contributed by atoms with E-state index in [1.807, 2.05) is 0 Å². The Balaban J connectivity index is 2.10. The van der Waals surface area contributed by atoms with E-state index in [1.165, 1.54) is 25.2 Å². The number of rotatable bonds is 5. The number of carbonyl (C=O) groups excluding carboxylic acids is 1. The number of carbonyl (C=O) groups is 1. The second-order valence-electron chi connectivity index (χ2n) is 4.74. The summed E-state index contributed by atoms with van der Waals surface area (Å²) in [6.07, 6.45) is 0. The number of esters is 1. The molecule has 0 spiro atoms. The Labute approximate surface area is 158 Å². The van der Waals surface area contributed by atoms with E-state index in [1.54, 1.807) is 24.3 Å². The Morgan fingerprint density at radius 3 is 2.42 bits per heavy atom. The maximum atomic E-state index is 12.4. The molecule has 0 unspecified atom stereocenters. The molecule has 24 heavy (non-hydrogen) atoms. The number of ether oxygens (including phenoxy) is 1. The Morgan fingerprint density at radius 1 is 1.17 bits per heavy atom. The van der Waals surface area contributed by atoms with Crippen LogP contribution >= 0.6 is 39.1 Å². The SMILES string of the molecule is CN(CC(=O)Oc1cccc(Cl)c1Cl)S(=O)(=O)c1ccc(Br)cc1. The van der Waals surface area contributed by atoms with Crippen LogP contribution in [0.25, 0.3) is 0 Å². The van der Waals surface area contributed by atoms with Gasteiger partial charge in [0.15, 0.2) is 5.75 Å². The highest BCUT2D eigenvalue weighted by atomic mass is 79.9. The van der Waals surface area contributed by atoms with Crippen LogP contribution < -0.4 is 4.74 Å². The van der Waals surface area contributed by atoms with E-state index in [2.05, 4.69) is 15.9 Å². The summed E-state index contributed by atoms with van der Waals surface area (Å²) in [5.41, 5.74) is 0. The van der Waals surface area contributed by atoms with E-state index in [0.29, 0.717) is 0 Å². The summed E-state index contributed by atoms with van der Waals surface area (Å²) in [5.74, 6) is -0.703. The molecule has 128 valence electrons. The van der Waals surface area contributed by atoms with Crippen molar-refractivity contribution in [3.63, 3.8) is 0 Å². The zero-order valence-corrected chi connectivity index (χ0v) is 16.3. The first kappa shape index (κ1) is 19.2. The normalized spacial score (nSPS) is 11.5. The van der Waals surface area contributed by atoms with Crippen molar-refractivity contribution in [3.8, 4) is 5.75 Å². The van der Waals surface area contributed by atoms with Gasteiger partial charge in [-0.1, -0.05) is 45.2 Å². The number of sulfonamides is 1. The largest absolute Gasteiger partial charge is 0.424 e. The first-order chi connectivity index (χ1) is 11.2. The minimum atomic E-state index is -3.81. The topological polar surface area (TPSA) is 63.7 Å². The molecule has 2 aromatic carbocycles. The predicted molar refractivity (Wildman–Crippen MR) is 96.1 cm³/mol. The first-order valence-electron chi connectivity index (χ1n) is 6.58. The lowest BCUT2D eigenvalue weighted by atomic mass is 10.3. The van der Waals surface area contributed by atoms with Gasteiger partial charge in [-0.2, -0.15) is 4.31 Å². The Morgan fingerprint density at radius 2 is 1.79 bits per heavy atom. The summed E-state index contributed by atoms with van der Waals surface area (Å²) in [6, 6.07) is 10.7. The summed E-state index contributed by atoms with van der Waals surface area (Å²) >= 11 is 15.0. The maximum Gasteiger partial charge on any atom is 0.326 e. The average Bonchev–Trinajstić information content (AvgIpc) is 2.52. The lowest BCUT2D eigenvalue weighted by molar-refractivity contribution is -0.134. The zero-order chi connectivity index (χ0) is 17.9. The van der Waals surface area contributed by atoms with Gasteiger partial charge < -0.3 is 4.74 Å². The molecule has 0 bridgehead atoms. The molecule has 0 saturated carbocycles. The average molecular weight is 453 g/mol. The molecule has 0 heterocycles. The van der Waals surface area contributed by atoms with Crippen LogP contribution in [0.2, 0.25) is 10.0 Å². The van der Waals surface area contributed by atoms with Crippen LogP contribution in [-0.2, 0) is 14.8 Å². The number of likely N-dealkylation sites (N-methyl/N-ethyl adjacent to an activating group) is 1. The van der Waals surface area contributed by atoms with Gasteiger partial charge in [-0.25, -0.2) is 8.42 Å². The van der Waals surface area contributed by atoms with Gasteiger partial charge in [-0.05, 0) is 36.4 Å². The van der Waals surface area contributed by atoms with Crippen molar-refractivity contribution < 1.29 is 17.9 Å². The molecule has 0 atom stereocenters. The van der Waals surface area contributed by atoms with Gasteiger partial charge in [0.05, 0.1) is 9.92 Å². The van der Waals surface area contributed by atoms with Crippen LogP contribution in [0.15, 0.2) is 51.8 Å². The van der Waals surface area contributed by atoms with Crippen LogP contribution in [0.3, 0.4) is 0 Å². The quantitative estimate of drug-likeness (QED) is 0.508. The Kier molecular flexibility index (Phi) is 6.28. The monoisotopic (exact) mass is 451 g/mol. The molecule has 5 nitrogen and oxygen atoms in total. The van der Waals surface area contributed by atoms with Crippen molar-refractivity contribution in [3.05, 3.63) is 57.0 Å². The smallest absolute Gasteiger partial charge is 0.326 e. The molecule has 9 heteroatoms. The van der Waals surface area contributed by atoms with E-state index in [-0.39, 0.29) is 20.7 Å². The van der Waals surface area contributed by atoms with E-state index < -0.39 is 22.5 Å². The second kappa shape index (κ2) is 7.84. The number of nitrogens with zero attached hydrogens (tertiary/aromatic N) is 1. The third-order valence-electron chi connectivity index (χ3n) is 3.01. The molecule has 2 aromatic rings. The van der Waals surface area contributed by atoms with E-state index in [9.17, 15) is 13.2 Å². The van der Waals surface area contributed by atoms with Crippen LogP contribution in [-0.4, -0.2) is 32.3 Å². The lowest BCUT2D eigenvalue weighted by Crippen LogP contribution is -2.34. The standard InChI is InChI=1S/C15H12BrCl2NO4S/c1-19(24(21,22)11-7-5-10(16)6-8-11)9-14(20)23-13-4-2-3-12(17)15(13)18/h2-8H,9H2,1H3. The van der Waals surface area contributed by atoms with Gasteiger partial charge in [0, 0.05) is 11.5 Å². The van der Waals surface area contributed by atoms with Crippen molar-refractivity contribution in [2.75, 3.05) is 13.6 Å². The van der Waals surface area contributed by atoms with Crippen molar-refractivity contribution in [2.45, 2.75) is 4.90 Å². The zero-order valence-electron chi connectivity index (χ0n) is 12.4. The molecule has 0 aliphatic rings. The summed E-state index contributed by atoms with van der Waals surface area (Å²) in [6.45, 7) is -0.471. The molecular formula is C15H12BrCl2NO4S. The van der Waals surface area contributed by atoms with Crippen molar-refractivity contribution in [1.82, 2.24) is 4.31 Å². The van der Waals surface area contributed by atoms with Crippen molar-refractivity contribution in [2.24, 2.45) is 0 Å². The summed E-state index contributed by atoms with van der Waals surface area (Å²) in [4.78, 5) is 12.1. The van der Waals surface area contributed by atoms with Crippen LogP contribution in [0.1, 0.15) is 0 Å². The minimum Gasteiger partial charge on any atom is -0.424 e. The summed E-state index contributed by atoms with van der Waals surface area (Å²) in [7, 11) is -2.52. The van der Waals surface area contributed by atoms with E-state index in [4.69, 9.17) is 27.9 Å². The maximum absolute atomic E-state index is 12.4. The molecule has 2 rings (SSSR count). The highest BCUT2D eigenvalue weighted by Crippen LogP contribution is 2.31. The molecule has 0 aromatic heterocycles. The van der Waals surface area contributed by atoms with Gasteiger partial charge in [-0.15, -0.1) is 0 Å². The molecule has 0 aliphatic heterocycles. The summed E-state index contributed by atoms with van der Waals surface area (Å²) in [5, 5.41) is 0.323.